The molecule has 29 heavy (non-hydrogen) atoms. The van der Waals surface area contributed by atoms with Crippen molar-refractivity contribution in [1.82, 2.24) is 10.3 Å². The van der Waals surface area contributed by atoms with E-state index in [9.17, 15) is 13.2 Å². The van der Waals surface area contributed by atoms with Gasteiger partial charge in [0, 0.05) is 24.5 Å². The number of hydrogen-bond donors (Lipinski definition) is 2. The van der Waals surface area contributed by atoms with Crippen molar-refractivity contribution in [2.45, 2.75) is 11.4 Å². The second-order valence-electron chi connectivity index (χ2n) is 5.99. The molecule has 7 nitrogen and oxygen atoms in total. The Kier molecular flexibility index (Phi) is 6.36. The number of nitrogens with one attached hydrogen (secondary N) is 2. The first-order valence-corrected chi connectivity index (χ1v) is 10.4. The Bertz CT molecular complexity index is 1120. The number of halogens is 1. The van der Waals surface area contributed by atoms with Gasteiger partial charge >= 0.3 is 0 Å². The molecule has 0 fully saturated rings. The van der Waals surface area contributed by atoms with Crippen LogP contribution in [0.5, 0.6) is 5.75 Å². The number of amides is 1. The van der Waals surface area contributed by atoms with Crippen molar-refractivity contribution in [2.24, 2.45) is 0 Å². The number of methoxy groups -OCH3 is 1. The molecule has 0 radical (unpaired) electrons. The van der Waals surface area contributed by atoms with Gasteiger partial charge in [0.05, 0.1) is 17.8 Å². The smallest absolute Gasteiger partial charge is 0.263 e. The van der Waals surface area contributed by atoms with Crippen LogP contribution >= 0.6 is 11.6 Å². The maximum atomic E-state index is 12.9. The predicted molar refractivity (Wildman–Crippen MR) is 111 cm³/mol. The van der Waals surface area contributed by atoms with Crippen LogP contribution in [0.15, 0.2) is 71.9 Å². The topological polar surface area (TPSA) is 97.4 Å². The quantitative estimate of drug-likeness (QED) is 0.597. The number of aromatic nitrogens is 1. The lowest BCUT2D eigenvalue weighted by atomic mass is 10.2. The van der Waals surface area contributed by atoms with Crippen molar-refractivity contribution in [2.75, 3.05) is 11.8 Å². The standard InChI is InChI=1S/C20H18ClN3O4S/c1-28-18-7-3-2-6-17(18)24-29(26,27)19-11-15(8-9-16(19)21)20(25)23-13-14-5-4-10-22-12-14/h2-12,24H,13H2,1H3,(H,23,25). The molecule has 2 N–H and O–H groups in total. The van der Waals surface area contributed by atoms with E-state index >= 15 is 0 Å². The van der Waals surface area contributed by atoms with E-state index in [1.807, 2.05) is 6.07 Å². The molecule has 0 aliphatic carbocycles. The molecule has 0 aliphatic rings. The van der Waals surface area contributed by atoms with Crippen LogP contribution in [0.1, 0.15) is 15.9 Å². The minimum atomic E-state index is -4.05. The van der Waals surface area contributed by atoms with Crippen molar-refractivity contribution < 1.29 is 17.9 Å². The highest BCUT2D eigenvalue weighted by Gasteiger charge is 2.21. The molecule has 3 rings (SSSR count). The third-order valence-electron chi connectivity index (χ3n) is 4.01. The first kappa shape index (κ1) is 20.6. The van der Waals surface area contributed by atoms with Gasteiger partial charge in [-0.15, -0.1) is 0 Å². The number of ether oxygens (including phenoxy) is 1. The van der Waals surface area contributed by atoms with Gasteiger partial charge in [0.1, 0.15) is 10.6 Å². The van der Waals surface area contributed by atoms with Crippen LogP contribution in [0, 0.1) is 0 Å². The average molecular weight is 432 g/mol. The van der Waals surface area contributed by atoms with Crippen LogP contribution in [0.25, 0.3) is 0 Å². The molecule has 1 aromatic heterocycles. The van der Waals surface area contributed by atoms with Crippen LogP contribution in [0.4, 0.5) is 5.69 Å². The zero-order valence-electron chi connectivity index (χ0n) is 15.4. The fraction of sp³-hybridized carbons (Fsp3) is 0.100. The molecule has 0 spiro atoms. The summed E-state index contributed by atoms with van der Waals surface area (Å²) in [5, 5.41) is 2.72. The van der Waals surface area contributed by atoms with Gasteiger partial charge < -0.3 is 10.1 Å². The maximum absolute atomic E-state index is 12.9. The molecular formula is C20H18ClN3O4S. The number of carbonyl (C=O) groups excluding carboxylic acids is 1. The summed E-state index contributed by atoms with van der Waals surface area (Å²) in [5.41, 5.74) is 1.25. The Morgan fingerprint density at radius 1 is 1.14 bits per heavy atom. The number of sulfonamides is 1. The SMILES string of the molecule is COc1ccccc1NS(=O)(=O)c1cc(C(=O)NCc2cccnc2)ccc1Cl. The van der Waals surface area contributed by atoms with E-state index < -0.39 is 15.9 Å². The van der Waals surface area contributed by atoms with E-state index in [1.54, 1.807) is 42.7 Å². The Hall–Kier alpha value is -3.10. The van der Waals surface area contributed by atoms with Gasteiger partial charge in [0.15, 0.2) is 0 Å². The van der Waals surface area contributed by atoms with Crippen LogP contribution < -0.4 is 14.8 Å². The van der Waals surface area contributed by atoms with Crippen molar-refractivity contribution in [3.05, 3.63) is 83.1 Å². The number of rotatable bonds is 7. The minimum absolute atomic E-state index is 0.00351. The Morgan fingerprint density at radius 2 is 1.93 bits per heavy atom. The van der Waals surface area contributed by atoms with Crippen molar-refractivity contribution in [3.63, 3.8) is 0 Å². The molecule has 1 amide bonds. The molecule has 0 saturated carbocycles. The zero-order valence-corrected chi connectivity index (χ0v) is 17.0. The number of para-hydroxylation sites is 2. The molecule has 0 unspecified atom stereocenters. The summed E-state index contributed by atoms with van der Waals surface area (Å²) in [5.74, 6) is -0.0724. The third-order valence-corrected chi connectivity index (χ3v) is 5.86. The molecule has 150 valence electrons. The highest BCUT2D eigenvalue weighted by molar-refractivity contribution is 7.92. The van der Waals surface area contributed by atoms with Gasteiger partial charge in [-0.2, -0.15) is 0 Å². The number of anilines is 1. The van der Waals surface area contributed by atoms with E-state index in [2.05, 4.69) is 15.0 Å². The molecule has 0 atom stereocenters. The van der Waals surface area contributed by atoms with Gasteiger partial charge in [-0.1, -0.05) is 29.8 Å². The fourth-order valence-electron chi connectivity index (χ4n) is 2.57. The van der Waals surface area contributed by atoms with E-state index in [0.29, 0.717) is 5.75 Å². The molecule has 0 saturated heterocycles. The van der Waals surface area contributed by atoms with Crippen molar-refractivity contribution in [1.29, 1.82) is 0 Å². The summed E-state index contributed by atoms with van der Waals surface area (Å²) < 4.78 is 33.3. The Labute approximate surface area is 173 Å². The Morgan fingerprint density at radius 3 is 2.66 bits per heavy atom. The van der Waals surface area contributed by atoms with Crippen LogP contribution in [-0.4, -0.2) is 26.4 Å². The highest BCUT2D eigenvalue weighted by Crippen LogP contribution is 2.29. The van der Waals surface area contributed by atoms with Gasteiger partial charge in [-0.05, 0) is 42.0 Å². The molecule has 1 heterocycles. The molecule has 9 heteroatoms. The lowest BCUT2D eigenvalue weighted by Crippen LogP contribution is -2.23. The average Bonchev–Trinajstić information content (AvgIpc) is 2.73. The van der Waals surface area contributed by atoms with Crippen LogP contribution in [0.2, 0.25) is 5.02 Å². The van der Waals surface area contributed by atoms with Crippen LogP contribution in [0.3, 0.4) is 0 Å². The van der Waals surface area contributed by atoms with Gasteiger partial charge in [0.2, 0.25) is 0 Å². The monoisotopic (exact) mass is 431 g/mol. The summed E-state index contributed by atoms with van der Waals surface area (Å²) in [4.78, 5) is 16.2. The fourth-order valence-corrected chi connectivity index (χ4v) is 4.16. The van der Waals surface area contributed by atoms with Gasteiger partial charge in [-0.3, -0.25) is 14.5 Å². The number of benzene rings is 2. The Balaban J connectivity index is 1.83. The lowest BCUT2D eigenvalue weighted by Gasteiger charge is -2.13. The minimum Gasteiger partial charge on any atom is -0.495 e. The highest BCUT2D eigenvalue weighted by atomic mass is 35.5. The maximum Gasteiger partial charge on any atom is 0.263 e. The predicted octanol–water partition coefficient (Wildman–Crippen LogP) is 3.47. The first-order chi connectivity index (χ1) is 13.9. The van der Waals surface area contributed by atoms with E-state index in [1.165, 1.54) is 25.3 Å². The molecule has 2 aromatic carbocycles. The van der Waals surface area contributed by atoms with E-state index in [-0.39, 0.29) is 27.7 Å². The number of nitrogens with zero attached hydrogens (tertiary/aromatic N) is 1. The second kappa shape index (κ2) is 8.93. The summed E-state index contributed by atoms with van der Waals surface area (Å²) in [6, 6.07) is 14.2. The van der Waals surface area contributed by atoms with Crippen molar-refractivity contribution in [3.8, 4) is 5.75 Å². The van der Waals surface area contributed by atoms with Crippen LogP contribution in [-0.2, 0) is 16.6 Å². The largest absolute Gasteiger partial charge is 0.495 e. The molecule has 3 aromatic rings. The molecular weight excluding hydrogens is 414 g/mol. The van der Waals surface area contributed by atoms with Gasteiger partial charge in [-0.25, -0.2) is 8.42 Å². The normalized spacial score (nSPS) is 11.0. The molecule has 0 bridgehead atoms. The number of carbonyl (C=O) groups is 1. The van der Waals surface area contributed by atoms with Crippen molar-refractivity contribution >= 4 is 33.2 Å². The summed E-state index contributed by atoms with van der Waals surface area (Å²) in [6.45, 7) is 0.261. The first-order valence-electron chi connectivity index (χ1n) is 8.53. The summed E-state index contributed by atoms with van der Waals surface area (Å²) in [7, 11) is -2.61. The van der Waals surface area contributed by atoms with E-state index in [4.69, 9.17) is 16.3 Å². The number of pyridine rings is 1. The summed E-state index contributed by atoms with van der Waals surface area (Å²) in [6.07, 6.45) is 3.27. The number of hydrogen-bond acceptors (Lipinski definition) is 5. The second-order valence-corrected chi connectivity index (χ2v) is 8.05. The zero-order chi connectivity index (χ0) is 20.9. The summed E-state index contributed by atoms with van der Waals surface area (Å²) >= 11 is 6.11. The lowest BCUT2D eigenvalue weighted by molar-refractivity contribution is 0.0950. The van der Waals surface area contributed by atoms with E-state index in [0.717, 1.165) is 5.56 Å². The third kappa shape index (κ3) is 5.04. The van der Waals surface area contributed by atoms with Gasteiger partial charge in [0.25, 0.3) is 15.9 Å². The molecule has 0 aliphatic heterocycles.